The molecule has 0 aromatic heterocycles. The molecule has 0 aliphatic carbocycles. The molecule has 120 valence electrons. The summed E-state index contributed by atoms with van der Waals surface area (Å²) in [4.78, 5) is 13.1. The molecular weight excluding hydrogens is 310 g/mol. The van der Waals surface area contributed by atoms with Crippen molar-refractivity contribution in [3.8, 4) is 11.5 Å². The highest BCUT2D eigenvalue weighted by Gasteiger charge is 2.20. The van der Waals surface area contributed by atoms with Gasteiger partial charge in [0, 0.05) is 17.1 Å². The van der Waals surface area contributed by atoms with Gasteiger partial charge < -0.3 is 14.8 Å². The fraction of sp³-hybridized carbons (Fsp3) is 0.278. The Bertz CT molecular complexity index is 648. The van der Waals surface area contributed by atoms with Crippen LogP contribution in [0.15, 0.2) is 59.5 Å². The third-order valence-electron chi connectivity index (χ3n) is 3.44. The van der Waals surface area contributed by atoms with Crippen LogP contribution in [0.3, 0.4) is 0 Å². The van der Waals surface area contributed by atoms with Crippen molar-refractivity contribution in [1.29, 1.82) is 0 Å². The van der Waals surface area contributed by atoms with Gasteiger partial charge in [0.25, 0.3) is 0 Å². The minimum absolute atomic E-state index is 0.0379. The van der Waals surface area contributed by atoms with E-state index in [1.54, 1.807) is 11.8 Å². The Kier molecular flexibility index (Phi) is 5.42. The average Bonchev–Trinajstić information content (AvgIpc) is 2.61. The SMILES string of the molecule is O=C(CCSc1ccccc1)NCC1COc2ccccc2O1. The largest absolute Gasteiger partial charge is 0.486 e. The first-order chi connectivity index (χ1) is 11.3. The molecule has 3 rings (SSSR count). The minimum atomic E-state index is -0.143. The Hall–Kier alpha value is -2.14. The van der Waals surface area contributed by atoms with Gasteiger partial charge in [0.1, 0.15) is 12.7 Å². The molecular formula is C18H19NO3S. The van der Waals surface area contributed by atoms with E-state index in [1.807, 2.05) is 54.6 Å². The average molecular weight is 329 g/mol. The van der Waals surface area contributed by atoms with Crippen LogP contribution < -0.4 is 14.8 Å². The predicted octanol–water partition coefficient (Wildman–Crippen LogP) is 3.13. The van der Waals surface area contributed by atoms with E-state index in [2.05, 4.69) is 5.32 Å². The molecule has 0 bridgehead atoms. The Labute approximate surface area is 140 Å². The van der Waals surface area contributed by atoms with Crippen LogP contribution in [-0.4, -0.2) is 30.9 Å². The highest BCUT2D eigenvalue weighted by Crippen LogP contribution is 2.30. The molecule has 0 spiro atoms. The third kappa shape index (κ3) is 4.66. The molecule has 1 aliphatic rings. The molecule has 1 atom stereocenters. The molecule has 2 aromatic rings. The smallest absolute Gasteiger partial charge is 0.220 e. The Morgan fingerprint density at radius 3 is 2.65 bits per heavy atom. The summed E-state index contributed by atoms with van der Waals surface area (Å²) < 4.78 is 11.4. The van der Waals surface area contributed by atoms with Crippen LogP contribution in [0.25, 0.3) is 0 Å². The number of benzene rings is 2. The summed E-state index contributed by atoms with van der Waals surface area (Å²) in [7, 11) is 0. The zero-order valence-electron chi connectivity index (χ0n) is 12.7. The first-order valence-electron chi connectivity index (χ1n) is 7.64. The molecule has 0 fully saturated rings. The number of para-hydroxylation sites is 2. The molecule has 1 amide bonds. The van der Waals surface area contributed by atoms with E-state index in [1.165, 1.54) is 4.90 Å². The van der Waals surface area contributed by atoms with E-state index < -0.39 is 0 Å². The number of carbonyl (C=O) groups is 1. The molecule has 0 saturated heterocycles. The zero-order chi connectivity index (χ0) is 15.9. The number of nitrogens with one attached hydrogen (secondary N) is 1. The van der Waals surface area contributed by atoms with Crippen LogP contribution in [0.5, 0.6) is 11.5 Å². The summed E-state index contributed by atoms with van der Waals surface area (Å²) in [6, 6.07) is 17.7. The first kappa shape index (κ1) is 15.7. The van der Waals surface area contributed by atoms with Crippen molar-refractivity contribution in [3.63, 3.8) is 0 Å². The predicted molar refractivity (Wildman–Crippen MR) is 91.1 cm³/mol. The summed E-state index contributed by atoms with van der Waals surface area (Å²) >= 11 is 1.68. The van der Waals surface area contributed by atoms with Gasteiger partial charge in [-0.05, 0) is 24.3 Å². The molecule has 4 nitrogen and oxygen atoms in total. The van der Waals surface area contributed by atoms with Gasteiger partial charge in [-0.3, -0.25) is 4.79 Å². The van der Waals surface area contributed by atoms with Gasteiger partial charge in [0.05, 0.1) is 6.54 Å². The van der Waals surface area contributed by atoms with Crippen molar-refractivity contribution >= 4 is 17.7 Å². The second-order valence-corrected chi connectivity index (χ2v) is 6.38. The van der Waals surface area contributed by atoms with Crippen LogP contribution in [-0.2, 0) is 4.79 Å². The topological polar surface area (TPSA) is 47.6 Å². The molecule has 2 aromatic carbocycles. The van der Waals surface area contributed by atoms with Crippen molar-refractivity contribution in [3.05, 3.63) is 54.6 Å². The van der Waals surface area contributed by atoms with Gasteiger partial charge >= 0.3 is 0 Å². The van der Waals surface area contributed by atoms with Gasteiger partial charge in [-0.25, -0.2) is 0 Å². The van der Waals surface area contributed by atoms with Crippen LogP contribution >= 0.6 is 11.8 Å². The Morgan fingerprint density at radius 2 is 1.83 bits per heavy atom. The lowest BCUT2D eigenvalue weighted by atomic mass is 10.2. The quantitative estimate of drug-likeness (QED) is 0.827. The summed E-state index contributed by atoms with van der Waals surface area (Å²) in [6.45, 7) is 0.916. The number of hydrogen-bond acceptors (Lipinski definition) is 4. The van der Waals surface area contributed by atoms with Crippen LogP contribution in [0.1, 0.15) is 6.42 Å². The maximum Gasteiger partial charge on any atom is 0.220 e. The number of hydrogen-bond donors (Lipinski definition) is 1. The fourth-order valence-corrected chi connectivity index (χ4v) is 3.13. The van der Waals surface area contributed by atoms with Crippen molar-refractivity contribution in [2.45, 2.75) is 17.4 Å². The van der Waals surface area contributed by atoms with Gasteiger partial charge in [-0.2, -0.15) is 0 Å². The van der Waals surface area contributed by atoms with Crippen LogP contribution in [0.2, 0.25) is 0 Å². The Morgan fingerprint density at radius 1 is 1.09 bits per heavy atom. The standard InChI is InChI=1S/C18H19NO3S/c20-18(10-11-23-15-6-2-1-3-7-15)19-12-14-13-21-16-8-4-5-9-17(16)22-14/h1-9,14H,10-13H2,(H,19,20). The van der Waals surface area contributed by atoms with E-state index in [0.29, 0.717) is 19.6 Å². The van der Waals surface area contributed by atoms with E-state index >= 15 is 0 Å². The van der Waals surface area contributed by atoms with Crippen LogP contribution in [0.4, 0.5) is 0 Å². The minimum Gasteiger partial charge on any atom is -0.486 e. The third-order valence-corrected chi connectivity index (χ3v) is 4.45. The fourth-order valence-electron chi connectivity index (χ4n) is 2.26. The number of thioether (sulfide) groups is 1. The monoisotopic (exact) mass is 329 g/mol. The number of rotatable bonds is 6. The van der Waals surface area contributed by atoms with E-state index in [0.717, 1.165) is 17.3 Å². The lowest BCUT2D eigenvalue weighted by Crippen LogP contribution is -2.40. The van der Waals surface area contributed by atoms with E-state index in [9.17, 15) is 4.79 Å². The number of carbonyl (C=O) groups excluding carboxylic acids is 1. The van der Waals surface area contributed by atoms with Gasteiger partial charge in [0.2, 0.25) is 5.91 Å². The van der Waals surface area contributed by atoms with Gasteiger partial charge in [0.15, 0.2) is 11.5 Å². The molecule has 0 radical (unpaired) electrons. The lowest BCUT2D eigenvalue weighted by molar-refractivity contribution is -0.121. The highest BCUT2D eigenvalue weighted by molar-refractivity contribution is 7.99. The number of amides is 1. The Balaban J connectivity index is 1.37. The second-order valence-electron chi connectivity index (χ2n) is 5.21. The van der Waals surface area contributed by atoms with Crippen LogP contribution in [0, 0.1) is 0 Å². The summed E-state index contributed by atoms with van der Waals surface area (Å²) in [5, 5.41) is 2.91. The lowest BCUT2D eigenvalue weighted by Gasteiger charge is -2.26. The van der Waals surface area contributed by atoms with E-state index in [-0.39, 0.29) is 12.0 Å². The molecule has 5 heteroatoms. The number of ether oxygens (including phenoxy) is 2. The summed E-state index contributed by atoms with van der Waals surface area (Å²) in [5.41, 5.74) is 0. The maximum atomic E-state index is 11.9. The molecule has 1 aliphatic heterocycles. The van der Waals surface area contributed by atoms with E-state index in [4.69, 9.17) is 9.47 Å². The van der Waals surface area contributed by atoms with Crippen molar-refractivity contribution in [2.75, 3.05) is 18.9 Å². The van der Waals surface area contributed by atoms with Crippen molar-refractivity contribution in [1.82, 2.24) is 5.32 Å². The van der Waals surface area contributed by atoms with Gasteiger partial charge in [-0.15, -0.1) is 11.8 Å². The molecule has 23 heavy (non-hydrogen) atoms. The molecule has 1 N–H and O–H groups in total. The maximum absolute atomic E-state index is 11.9. The molecule has 0 saturated carbocycles. The first-order valence-corrected chi connectivity index (χ1v) is 8.63. The normalized spacial score (nSPS) is 15.9. The van der Waals surface area contributed by atoms with Crippen molar-refractivity contribution in [2.24, 2.45) is 0 Å². The van der Waals surface area contributed by atoms with Gasteiger partial charge in [-0.1, -0.05) is 30.3 Å². The molecule has 1 unspecified atom stereocenters. The summed E-state index contributed by atoms with van der Waals surface area (Å²) in [6.07, 6.45) is 0.347. The summed E-state index contributed by atoms with van der Waals surface area (Å²) in [5.74, 6) is 2.30. The second kappa shape index (κ2) is 7.92. The van der Waals surface area contributed by atoms with Crippen molar-refractivity contribution < 1.29 is 14.3 Å². The highest BCUT2D eigenvalue weighted by atomic mass is 32.2. The molecule has 1 heterocycles. The zero-order valence-corrected chi connectivity index (χ0v) is 13.6. The number of fused-ring (bicyclic) bond motifs is 1.